The van der Waals surface area contributed by atoms with Crippen LogP contribution in [0.1, 0.15) is 19.3 Å². The van der Waals surface area contributed by atoms with Crippen LogP contribution in [0.25, 0.3) is 0 Å². The van der Waals surface area contributed by atoms with Crippen LogP contribution in [0, 0.1) is 22.7 Å². The number of amides is 6. The fourth-order valence-electron chi connectivity index (χ4n) is 2.14. The van der Waals surface area contributed by atoms with Crippen molar-refractivity contribution >= 4 is 24.1 Å². The van der Waals surface area contributed by atoms with E-state index in [9.17, 15) is 19.2 Å². The summed E-state index contributed by atoms with van der Waals surface area (Å²) in [6.07, 6.45) is -0.673. The third-order valence-corrected chi connectivity index (χ3v) is 3.44. The van der Waals surface area contributed by atoms with Crippen molar-refractivity contribution in [3.05, 3.63) is 0 Å². The average Bonchev–Trinajstić information content (AvgIpc) is 2.51. The van der Waals surface area contributed by atoms with Crippen molar-refractivity contribution in [2.45, 2.75) is 19.3 Å². The van der Waals surface area contributed by atoms with Gasteiger partial charge in [0.05, 0.1) is 38.4 Å². The van der Waals surface area contributed by atoms with Crippen LogP contribution in [-0.2, 0) is 4.79 Å². The Kier molecular flexibility index (Phi) is 5.76. The number of rotatable bonds is 7. The molecular formula is C13H16N5O5+. The quantitative estimate of drug-likeness (QED) is 0.680. The van der Waals surface area contributed by atoms with Crippen molar-refractivity contribution in [2.24, 2.45) is 0 Å². The van der Waals surface area contributed by atoms with Gasteiger partial charge in [0.1, 0.15) is 6.54 Å². The zero-order chi connectivity index (χ0) is 17.6. The van der Waals surface area contributed by atoms with Gasteiger partial charge in [-0.05, 0) is 0 Å². The first kappa shape index (κ1) is 18.1. The molecular weight excluding hydrogens is 306 g/mol. The van der Waals surface area contributed by atoms with Gasteiger partial charge in [0.15, 0.2) is 0 Å². The highest BCUT2D eigenvalue weighted by Crippen LogP contribution is 2.23. The molecule has 1 heterocycles. The standard InChI is InChI=1S/C13H15N5O5/c1-18(9-3-6-15)12(22)16(7-2-5-14)11(21)17(13(18)23)8-4-10(19)20/h2-4,7-9H2,1H3/p+1. The fraction of sp³-hybridized carbons (Fsp3) is 0.538. The molecule has 0 bridgehead atoms. The smallest absolute Gasteiger partial charge is 0.436 e. The Balaban J connectivity index is 3.16. The largest absolute Gasteiger partial charge is 0.481 e. The highest BCUT2D eigenvalue weighted by Gasteiger charge is 2.55. The van der Waals surface area contributed by atoms with Crippen LogP contribution in [-0.4, -0.2) is 70.1 Å². The molecule has 0 aromatic rings. The number of imide groups is 3. The molecule has 23 heavy (non-hydrogen) atoms. The molecule has 1 N–H and O–H groups in total. The summed E-state index contributed by atoms with van der Waals surface area (Å²) < 4.78 is -0.843. The number of hydrogen-bond donors (Lipinski definition) is 1. The second kappa shape index (κ2) is 7.33. The Morgan fingerprint density at radius 1 is 1.09 bits per heavy atom. The van der Waals surface area contributed by atoms with Gasteiger partial charge in [-0.3, -0.25) is 4.79 Å². The summed E-state index contributed by atoms with van der Waals surface area (Å²) in [5, 5.41) is 26.0. The number of hydrogen-bond acceptors (Lipinski definition) is 6. The van der Waals surface area contributed by atoms with Crippen molar-refractivity contribution < 1.29 is 28.8 Å². The first-order chi connectivity index (χ1) is 10.8. The highest BCUT2D eigenvalue weighted by molar-refractivity contribution is 6.05. The van der Waals surface area contributed by atoms with E-state index >= 15 is 0 Å². The van der Waals surface area contributed by atoms with Crippen molar-refractivity contribution in [3.63, 3.8) is 0 Å². The van der Waals surface area contributed by atoms with Crippen LogP contribution >= 0.6 is 0 Å². The van der Waals surface area contributed by atoms with Crippen LogP contribution in [0.4, 0.5) is 14.4 Å². The van der Waals surface area contributed by atoms with Crippen LogP contribution in [0.5, 0.6) is 0 Å². The molecule has 1 saturated heterocycles. The lowest BCUT2D eigenvalue weighted by Gasteiger charge is -2.40. The number of carboxylic acid groups (broad SMARTS) is 1. The van der Waals surface area contributed by atoms with Gasteiger partial charge in [0.25, 0.3) is 0 Å². The van der Waals surface area contributed by atoms with E-state index in [0.29, 0.717) is 4.90 Å². The maximum atomic E-state index is 12.5. The summed E-state index contributed by atoms with van der Waals surface area (Å²) in [7, 11) is 1.27. The molecule has 0 radical (unpaired) electrons. The number of aliphatic carboxylic acids is 1. The van der Waals surface area contributed by atoms with E-state index in [0.717, 1.165) is 4.90 Å². The van der Waals surface area contributed by atoms with E-state index in [1.165, 1.54) is 7.05 Å². The summed E-state index contributed by atoms with van der Waals surface area (Å²) in [4.78, 5) is 49.3. The zero-order valence-electron chi connectivity index (χ0n) is 12.6. The Labute approximate surface area is 132 Å². The van der Waals surface area contributed by atoms with Gasteiger partial charge in [-0.15, -0.1) is 0 Å². The molecule has 1 aliphatic rings. The van der Waals surface area contributed by atoms with Gasteiger partial charge in [-0.1, -0.05) is 0 Å². The minimum absolute atomic E-state index is 0.0962. The molecule has 0 aromatic heterocycles. The van der Waals surface area contributed by atoms with Gasteiger partial charge < -0.3 is 5.11 Å². The Morgan fingerprint density at radius 2 is 1.61 bits per heavy atom. The minimum Gasteiger partial charge on any atom is -0.481 e. The first-order valence-electron chi connectivity index (χ1n) is 6.79. The normalized spacial score (nSPS) is 21.1. The first-order valence-corrected chi connectivity index (χ1v) is 6.79. The van der Waals surface area contributed by atoms with Crippen LogP contribution < -0.4 is 0 Å². The molecule has 1 atom stereocenters. The van der Waals surface area contributed by atoms with E-state index in [-0.39, 0.29) is 32.5 Å². The lowest BCUT2D eigenvalue weighted by Crippen LogP contribution is -2.72. The molecule has 1 rings (SSSR count). The van der Waals surface area contributed by atoms with E-state index in [4.69, 9.17) is 15.6 Å². The molecule has 1 fully saturated rings. The van der Waals surface area contributed by atoms with Gasteiger partial charge in [-0.25, -0.2) is 24.2 Å². The number of carboxylic acids is 1. The lowest BCUT2D eigenvalue weighted by atomic mass is 10.3. The zero-order valence-corrected chi connectivity index (χ0v) is 12.6. The maximum Gasteiger partial charge on any atom is 0.436 e. The molecule has 122 valence electrons. The highest BCUT2D eigenvalue weighted by atomic mass is 16.4. The number of nitrogens with zero attached hydrogens (tertiary/aromatic N) is 5. The molecule has 10 heteroatoms. The number of quaternary nitrogens is 1. The fourth-order valence-corrected chi connectivity index (χ4v) is 2.14. The predicted molar refractivity (Wildman–Crippen MR) is 73.4 cm³/mol. The van der Waals surface area contributed by atoms with Crippen molar-refractivity contribution in [2.75, 3.05) is 26.7 Å². The summed E-state index contributed by atoms with van der Waals surface area (Å²) >= 11 is 0. The second-order valence-corrected chi connectivity index (χ2v) is 5.03. The Hall–Kier alpha value is -2.98. The van der Waals surface area contributed by atoms with Crippen LogP contribution in [0.3, 0.4) is 0 Å². The second-order valence-electron chi connectivity index (χ2n) is 5.03. The van der Waals surface area contributed by atoms with Crippen molar-refractivity contribution in [3.8, 4) is 12.1 Å². The molecule has 0 aromatic carbocycles. The third kappa shape index (κ3) is 3.62. The predicted octanol–water partition coefficient (Wildman–Crippen LogP) is 0.713. The minimum atomic E-state index is -1.20. The number of carbonyl (C=O) groups is 4. The molecule has 10 nitrogen and oxygen atoms in total. The molecule has 0 saturated carbocycles. The molecule has 1 aliphatic heterocycles. The van der Waals surface area contributed by atoms with Crippen LogP contribution in [0.2, 0.25) is 0 Å². The molecule has 0 spiro atoms. The molecule has 6 amide bonds. The third-order valence-electron chi connectivity index (χ3n) is 3.44. The van der Waals surface area contributed by atoms with Crippen LogP contribution in [0.15, 0.2) is 0 Å². The van der Waals surface area contributed by atoms with E-state index < -0.39 is 35.0 Å². The van der Waals surface area contributed by atoms with Crippen molar-refractivity contribution in [1.29, 1.82) is 10.5 Å². The summed E-state index contributed by atoms with van der Waals surface area (Å²) in [5.41, 5.74) is 0. The summed E-state index contributed by atoms with van der Waals surface area (Å²) in [6.45, 7) is -0.733. The van der Waals surface area contributed by atoms with E-state index in [2.05, 4.69) is 0 Å². The number of nitriles is 2. The monoisotopic (exact) mass is 322 g/mol. The van der Waals surface area contributed by atoms with Gasteiger partial charge in [-0.2, -0.15) is 15.0 Å². The number of carbonyl (C=O) groups excluding carboxylic acids is 3. The van der Waals surface area contributed by atoms with Gasteiger partial charge in [0.2, 0.25) is 0 Å². The van der Waals surface area contributed by atoms with Gasteiger partial charge in [0, 0.05) is 13.1 Å². The maximum absolute atomic E-state index is 12.5. The SMILES string of the molecule is C[N+]1(CCC#N)C(=O)N(CCC#N)C(=O)N(CCC(=O)O)C1=O. The van der Waals surface area contributed by atoms with E-state index in [1.807, 2.05) is 6.07 Å². The van der Waals surface area contributed by atoms with Crippen molar-refractivity contribution in [1.82, 2.24) is 9.80 Å². The number of urea groups is 3. The lowest BCUT2D eigenvalue weighted by molar-refractivity contribution is -0.755. The van der Waals surface area contributed by atoms with Gasteiger partial charge >= 0.3 is 24.1 Å². The average molecular weight is 322 g/mol. The summed E-state index contributed by atoms with van der Waals surface area (Å²) in [5.74, 6) is -1.20. The topological polar surface area (TPSA) is 143 Å². The Morgan fingerprint density at radius 3 is 2.09 bits per heavy atom. The summed E-state index contributed by atoms with van der Waals surface area (Å²) in [6, 6.07) is 0.994. The van der Waals surface area contributed by atoms with E-state index in [1.54, 1.807) is 6.07 Å². The molecule has 0 aliphatic carbocycles. The Bertz CT molecular complexity index is 619. The molecule has 1 unspecified atom stereocenters.